The number of carbonyl (C=O) groups is 1. The average molecular weight is 366 g/mol. The Morgan fingerprint density at radius 1 is 1.07 bits per heavy atom. The van der Waals surface area contributed by atoms with Crippen LogP contribution in [0.4, 0.5) is 0 Å². The van der Waals surface area contributed by atoms with E-state index in [0.29, 0.717) is 11.3 Å². The van der Waals surface area contributed by atoms with Crippen molar-refractivity contribution in [3.63, 3.8) is 0 Å². The Morgan fingerprint density at radius 3 is 2.52 bits per heavy atom. The van der Waals surface area contributed by atoms with E-state index in [-0.39, 0.29) is 6.10 Å². The normalized spacial score (nSPS) is 13.1. The van der Waals surface area contributed by atoms with Crippen molar-refractivity contribution >= 4 is 16.9 Å². The third-order valence-electron chi connectivity index (χ3n) is 4.34. The van der Waals surface area contributed by atoms with Gasteiger partial charge >= 0.3 is 11.6 Å². The quantitative estimate of drug-likeness (QED) is 0.472. The smallest absolute Gasteiger partial charge is 0.347 e. The lowest BCUT2D eigenvalue weighted by Crippen LogP contribution is -2.29. The van der Waals surface area contributed by atoms with E-state index >= 15 is 0 Å². The molecule has 0 spiro atoms. The molecule has 1 aromatic heterocycles. The van der Waals surface area contributed by atoms with Gasteiger partial charge in [0.1, 0.15) is 11.3 Å². The Hall–Kier alpha value is -3.08. The molecule has 0 amide bonds. The molecule has 5 heteroatoms. The van der Waals surface area contributed by atoms with Gasteiger partial charge in [-0.15, -0.1) is 0 Å². The molecule has 2 atom stereocenters. The van der Waals surface area contributed by atoms with Gasteiger partial charge in [0.05, 0.1) is 6.10 Å². The van der Waals surface area contributed by atoms with Crippen molar-refractivity contribution in [2.45, 2.75) is 39.4 Å². The topological polar surface area (TPSA) is 65.7 Å². The van der Waals surface area contributed by atoms with E-state index in [1.807, 2.05) is 50.2 Å². The summed E-state index contributed by atoms with van der Waals surface area (Å²) in [6.07, 6.45) is -0.186. The van der Waals surface area contributed by atoms with Crippen molar-refractivity contribution in [3.05, 3.63) is 65.0 Å². The summed E-state index contributed by atoms with van der Waals surface area (Å²) in [5.41, 5.74) is 1.68. The zero-order valence-electron chi connectivity index (χ0n) is 15.6. The van der Waals surface area contributed by atoms with Crippen LogP contribution in [0.1, 0.15) is 27.2 Å². The number of rotatable bonds is 6. The second-order valence-corrected chi connectivity index (χ2v) is 6.42. The van der Waals surface area contributed by atoms with E-state index in [1.54, 1.807) is 19.1 Å². The number of esters is 1. The highest BCUT2D eigenvalue weighted by atomic mass is 16.6. The van der Waals surface area contributed by atoms with Crippen molar-refractivity contribution in [3.8, 4) is 16.9 Å². The molecule has 5 nitrogen and oxygen atoms in total. The third-order valence-corrected chi connectivity index (χ3v) is 4.34. The van der Waals surface area contributed by atoms with E-state index < -0.39 is 17.7 Å². The van der Waals surface area contributed by atoms with Crippen molar-refractivity contribution in [2.75, 3.05) is 0 Å². The Kier molecular flexibility index (Phi) is 5.60. The van der Waals surface area contributed by atoms with Gasteiger partial charge in [-0.1, -0.05) is 37.3 Å². The van der Waals surface area contributed by atoms with E-state index in [2.05, 4.69) is 0 Å². The van der Waals surface area contributed by atoms with Gasteiger partial charge in [0.15, 0.2) is 6.10 Å². The zero-order chi connectivity index (χ0) is 19.4. The van der Waals surface area contributed by atoms with Crippen LogP contribution in [0.2, 0.25) is 0 Å². The van der Waals surface area contributed by atoms with Crippen LogP contribution in [0, 0.1) is 0 Å². The van der Waals surface area contributed by atoms with Crippen LogP contribution in [-0.2, 0) is 9.53 Å². The van der Waals surface area contributed by atoms with E-state index in [0.717, 1.165) is 22.9 Å². The van der Waals surface area contributed by atoms with Crippen LogP contribution >= 0.6 is 0 Å². The predicted octanol–water partition coefficient (Wildman–Crippen LogP) is 4.57. The third kappa shape index (κ3) is 4.37. The van der Waals surface area contributed by atoms with Crippen molar-refractivity contribution < 1.29 is 18.7 Å². The van der Waals surface area contributed by atoms with Crippen molar-refractivity contribution in [1.82, 2.24) is 0 Å². The van der Waals surface area contributed by atoms with E-state index in [4.69, 9.17) is 13.9 Å². The lowest BCUT2D eigenvalue weighted by Gasteiger charge is -2.17. The van der Waals surface area contributed by atoms with E-state index in [9.17, 15) is 9.59 Å². The van der Waals surface area contributed by atoms with Crippen molar-refractivity contribution in [2.24, 2.45) is 0 Å². The van der Waals surface area contributed by atoms with Gasteiger partial charge in [-0.25, -0.2) is 9.59 Å². The summed E-state index contributed by atoms with van der Waals surface area (Å²) < 4.78 is 16.3. The van der Waals surface area contributed by atoms with Crippen LogP contribution in [0.25, 0.3) is 22.1 Å². The molecule has 0 saturated carbocycles. The average Bonchev–Trinajstić information content (AvgIpc) is 2.67. The number of benzene rings is 2. The molecular weight excluding hydrogens is 344 g/mol. The molecule has 0 saturated heterocycles. The highest BCUT2D eigenvalue weighted by Crippen LogP contribution is 2.29. The Labute approximate surface area is 157 Å². The predicted molar refractivity (Wildman–Crippen MR) is 104 cm³/mol. The van der Waals surface area contributed by atoms with Crippen LogP contribution in [0.15, 0.2) is 63.8 Å². The zero-order valence-corrected chi connectivity index (χ0v) is 15.6. The van der Waals surface area contributed by atoms with Gasteiger partial charge in [0.25, 0.3) is 0 Å². The fraction of sp³-hybridized carbons (Fsp3) is 0.273. The summed E-state index contributed by atoms with van der Waals surface area (Å²) in [5.74, 6) is 0.00778. The molecule has 0 radical (unpaired) electrons. The van der Waals surface area contributed by atoms with Crippen LogP contribution in [-0.4, -0.2) is 18.2 Å². The van der Waals surface area contributed by atoms with Crippen LogP contribution < -0.4 is 10.4 Å². The summed E-state index contributed by atoms with van der Waals surface area (Å²) in [4.78, 5) is 24.0. The maximum atomic E-state index is 12.1. The Balaban J connectivity index is 1.90. The van der Waals surface area contributed by atoms with Crippen LogP contribution in [0.5, 0.6) is 5.75 Å². The summed E-state index contributed by atoms with van der Waals surface area (Å²) in [6, 6.07) is 16.3. The molecular formula is C22H22O5. The first kappa shape index (κ1) is 18.7. The largest absolute Gasteiger partial charge is 0.479 e. The second-order valence-electron chi connectivity index (χ2n) is 6.42. The van der Waals surface area contributed by atoms with Gasteiger partial charge in [-0.05, 0) is 43.5 Å². The van der Waals surface area contributed by atoms with Gasteiger partial charge in [-0.3, -0.25) is 0 Å². The summed E-state index contributed by atoms with van der Waals surface area (Å²) >= 11 is 0. The van der Waals surface area contributed by atoms with Gasteiger partial charge < -0.3 is 13.9 Å². The van der Waals surface area contributed by atoms with E-state index in [1.165, 1.54) is 6.07 Å². The monoisotopic (exact) mass is 366 g/mol. The summed E-state index contributed by atoms with van der Waals surface area (Å²) in [7, 11) is 0. The van der Waals surface area contributed by atoms with Gasteiger partial charge in [0, 0.05) is 17.5 Å². The first-order valence-electron chi connectivity index (χ1n) is 8.98. The summed E-state index contributed by atoms with van der Waals surface area (Å²) in [6.45, 7) is 5.41. The maximum absolute atomic E-state index is 12.1. The molecule has 0 fully saturated rings. The molecule has 3 rings (SSSR count). The SMILES string of the molecule is CC[C@@H](C)OC(=O)[C@@H](C)Oc1ccc2c(-c3ccccc3)cc(=O)oc2c1. The minimum atomic E-state index is -0.763. The fourth-order valence-electron chi connectivity index (χ4n) is 2.70. The number of ether oxygens (including phenoxy) is 2. The molecule has 27 heavy (non-hydrogen) atoms. The molecule has 0 bridgehead atoms. The molecule has 140 valence electrons. The minimum absolute atomic E-state index is 0.161. The number of carbonyl (C=O) groups excluding carboxylic acids is 1. The first-order chi connectivity index (χ1) is 13.0. The Morgan fingerprint density at radius 2 is 1.81 bits per heavy atom. The lowest BCUT2D eigenvalue weighted by molar-refractivity contribution is -0.155. The second kappa shape index (κ2) is 8.08. The highest BCUT2D eigenvalue weighted by Gasteiger charge is 2.19. The minimum Gasteiger partial charge on any atom is -0.479 e. The lowest BCUT2D eigenvalue weighted by atomic mass is 10.0. The molecule has 3 aromatic rings. The molecule has 0 N–H and O–H groups in total. The summed E-state index contributed by atoms with van der Waals surface area (Å²) in [5, 5.41) is 0.794. The van der Waals surface area contributed by atoms with Crippen LogP contribution in [0.3, 0.4) is 0 Å². The molecule has 0 unspecified atom stereocenters. The molecule has 1 heterocycles. The Bertz CT molecular complexity index is 991. The van der Waals surface area contributed by atoms with Crippen molar-refractivity contribution in [1.29, 1.82) is 0 Å². The number of hydrogen-bond donors (Lipinski definition) is 0. The van der Waals surface area contributed by atoms with Gasteiger partial charge in [0.2, 0.25) is 0 Å². The van der Waals surface area contributed by atoms with Gasteiger partial charge in [-0.2, -0.15) is 0 Å². The number of fused-ring (bicyclic) bond motifs is 1. The fourth-order valence-corrected chi connectivity index (χ4v) is 2.70. The number of hydrogen-bond acceptors (Lipinski definition) is 5. The molecule has 0 aliphatic carbocycles. The maximum Gasteiger partial charge on any atom is 0.347 e. The molecule has 0 aliphatic rings. The standard InChI is InChI=1S/C22H22O5/c1-4-14(2)25-22(24)15(3)26-17-10-11-18-19(16-8-6-5-7-9-16)13-21(23)27-20(18)12-17/h5-15H,4H2,1-3H3/t14-,15-/m1/s1. The first-order valence-corrected chi connectivity index (χ1v) is 8.98. The molecule has 0 aliphatic heterocycles. The molecule has 2 aromatic carbocycles. The highest BCUT2D eigenvalue weighted by molar-refractivity contribution is 5.93.